The van der Waals surface area contributed by atoms with Gasteiger partial charge in [-0.1, -0.05) is 29.9 Å². The van der Waals surface area contributed by atoms with Crippen LogP contribution < -0.4 is 8.92 Å². The van der Waals surface area contributed by atoms with Crippen LogP contribution in [0.1, 0.15) is 18.1 Å². The maximum atomic E-state index is 12.7. The second-order valence-electron chi connectivity index (χ2n) is 6.47. The molecule has 1 saturated heterocycles. The zero-order valence-corrected chi connectivity index (χ0v) is 19.4. The standard InChI is InChI=1S/C20H22BrNO5S2/c1-3-26-18-13-15(20(28)22-8-10-25-11-9-22)12-17(21)19(18)27-29(23,24)16-6-4-14(2)5-7-16/h4-7,12-13H,3,8-11H2,1-2H3. The lowest BCUT2D eigenvalue weighted by Gasteiger charge is -2.29. The predicted octanol–water partition coefficient (Wildman–Crippen LogP) is 3.93. The molecule has 0 saturated carbocycles. The van der Waals surface area contributed by atoms with Crippen LogP contribution >= 0.6 is 28.1 Å². The zero-order chi connectivity index (χ0) is 21.0. The number of aryl methyl sites for hydroxylation is 1. The SMILES string of the molecule is CCOc1cc(C(=S)N2CCOCC2)cc(Br)c1OS(=O)(=O)c1ccc(C)cc1. The van der Waals surface area contributed by atoms with Gasteiger partial charge in [-0.2, -0.15) is 8.42 Å². The number of morpholine rings is 1. The minimum Gasteiger partial charge on any atom is -0.490 e. The maximum Gasteiger partial charge on any atom is 0.339 e. The van der Waals surface area contributed by atoms with Gasteiger partial charge in [-0.05, 0) is 54.0 Å². The first-order valence-corrected chi connectivity index (χ1v) is 11.8. The summed E-state index contributed by atoms with van der Waals surface area (Å²) in [5, 5.41) is 0. The summed E-state index contributed by atoms with van der Waals surface area (Å²) in [6, 6.07) is 9.94. The third kappa shape index (κ3) is 5.28. The van der Waals surface area contributed by atoms with E-state index >= 15 is 0 Å². The van der Waals surface area contributed by atoms with Crippen LogP contribution in [0.25, 0.3) is 0 Å². The molecule has 0 unspecified atom stereocenters. The van der Waals surface area contributed by atoms with Crippen molar-refractivity contribution in [3.63, 3.8) is 0 Å². The molecule has 0 N–H and O–H groups in total. The van der Waals surface area contributed by atoms with Gasteiger partial charge in [-0.25, -0.2) is 0 Å². The van der Waals surface area contributed by atoms with Gasteiger partial charge < -0.3 is 18.6 Å². The van der Waals surface area contributed by atoms with Crippen molar-refractivity contribution >= 4 is 43.3 Å². The summed E-state index contributed by atoms with van der Waals surface area (Å²) in [6.07, 6.45) is 0. The fourth-order valence-electron chi connectivity index (χ4n) is 2.85. The van der Waals surface area contributed by atoms with E-state index in [-0.39, 0.29) is 10.6 Å². The highest BCUT2D eigenvalue weighted by Crippen LogP contribution is 2.39. The zero-order valence-electron chi connectivity index (χ0n) is 16.2. The molecule has 1 fully saturated rings. The first-order valence-electron chi connectivity index (χ1n) is 9.16. The Morgan fingerprint density at radius 1 is 1.21 bits per heavy atom. The van der Waals surface area contributed by atoms with Crippen molar-refractivity contribution in [2.45, 2.75) is 18.7 Å². The molecule has 9 heteroatoms. The molecular weight excluding hydrogens is 478 g/mol. The minimum atomic E-state index is -4.02. The fraction of sp³-hybridized carbons (Fsp3) is 0.350. The molecule has 0 aromatic heterocycles. The highest BCUT2D eigenvalue weighted by atomic mass is 79.9. The van der Waals surface area contributed by atoms with E-state index in [1.165, 1.54) is 12.1 Å². The largest absolute Gasteiger partial charge is 0.490 e. The molecule has 2 aromatic carbocycles. The lowest BCUT2D eigenvalue weighted by Crippen LogP contribution is -2.40. The Bertz CT molecular complexity index is 987. The molecule has 6 nitrogen and oxygen atoms in total. The number of ether oxygens (including phenoxy) is 2. The van der Waals surface area contributed by atoms with Crippen LogP contribution in [0.5, 0.6) is 11.5 Å². The predicted molar refractivity (Wildman–Crippen MR) is 118 cm³/mol. The third-order valence-corrected chi connectivity index (χ3v) is 6.68. The maximum absolute atomic E-state index is 12.7. The van der Waals surface area contributed by atoms with Gasteiger partial charge in [0, 0.05) is 18.7 Å². The fourth-order valence-corrected chi connectivity index (χ4v) is 4.73. The van der Waals surface area contributed by atoms with Gasteiger partial charge in [0.25, 0.3) is 0 Å². The first-order chi connectivity index (χ1) is 13.8. The van der Waals surface area contributed by atoms with E-state index in [0.29, 0.717) is 48.1 Å². The van der Waals surface area contributed by atoms with E-state index in [0.717, 1.165) is 11.1 Å². The third-order valence-electron chi connectivity index (χ3n) is 4.36. The Morgan fingerprint density at radius 2 is 1.86 bits per heavy atom. The second kappa shape index (κ2) is 9.42. The van der Waals surface area contributed by atoms with Crippen LogP contribution in [0.4, 0.5) is 0 Å². The number of nitrogens with zero attached hydrogens (tertiary/aromatic N) is 1. The van der Waals surface area contributed by atoms with Crippen molar-refractivity contribution in [3.8, 4) is 11.5 Å². The highest BCUT2D eigenvalue weighted by molar-refractivity contribution is 9.10. The summed E-state index contributed by atoms with van der Waals surface area (Å²) >= 11 is 9.05. The van der Waals surface area contributed by atoms with Gasteiger partial charge >= 0.3 is 10.1 Å². The highest BCUT2D eigenvalue weighted by Gasteiger charge is 2.24. The monoisotopic (exact) mass is 499 g/mol. The first kappa shape index (κ1) is 22.0. The van der Waals surface area contributed by atoms with E-state index in [4.69, 9.17) is 25.9 Å². The van der Waals surface area contributed by atoms with Crippen LogP contribution in [0.2, 0.25) is 0 Å². The molecule has 156 valence electrons. The summed E-state index contributed by atoms with van der Waals surface area (Å²) in [7, 11) is -4.02. The van der Waals surface area contributed by atoms with Crippen LogP contribution in [-0.4, -0.2) is 51.2 Å². The smallest absolute Gasteiger partial charge is 0.339 e. The molecule has 1 heterocycles. The number of benzene rings is 2. The molecule has 1 aliphatic rings. The van der Waals surface area contributed by atoms with E-state index < -0.39 is 10.1 Å². The summed E-state index contributed by atoms with van der Waals surface area (Å²) in [5.41, 5.74) is 1.71. The van der Waals surface area contributed by atoms with Crippen LogP contribution in [0, 0.1) is 6.92 Å². The van der Waals surface area contributed by atoms with Gasteiger partial charge in [0.2, 0.25) is 0 Å². The normalized spacial score (nSPS) is 14.5. The number of thiocarbonyl (C=S) groups is 1. The van der Waals surface area contributed by atoms with E-state index in [1.807, 2.05) is 13.8 Å². The van der Waals surface area contributed by atoms with Crippen molar-refractivity contribution in [3.05, 3.63) is 52.0 Å². The summed E-state index contributed by atoms with van der Waals surface area (Å²) in [6.45, 7) is 6.71. The summed E-state index contributed by atoms with van der Waals surface area (Å²) in [4.78, 5) is 2.79. The van der Waals surface area contributed by atoms with Crippen molar-refractivity contribution in [1.29, 1.82) is 0 Å². The van der Waals surface area contributed by atoms with Gasteiger partial charge in [-0.3, -0.25) is 0 Å². The average molecular weight is 500 g/mol. The topological polar surface area (TPSA) is 65.1 Å². The molecule has 1 aliphatic heterocycles. The molecule has 3 rings (SSSR count). The van der Waals surface area contributed by atoms with Crippen molar-refractivity contribution in [2.75, 3.05) is 32.9 Å². The lowest BCUT2D eigenvalue weighted by molar-refractivity contribution is 0.0693. The quantitative estimate of drug-likeness (QED) is 0.440. The Labute approximate surface area is 185 Å². The number of rotatable bonds is 6. The molecule has 2 aromatic rings. The number of hydrogen-bond donors (Lipinski definition) is 0. The van der Waals surface area contributed by atoms with Gasteiger partial charge in [0.1, 0.15) is 9.88 Å². The average Bonchev–Trinajstić information content (AvgIpc) is 2.71. The Kier molecular flexibility index (Phi) is 7.15. The van der Waals surface area contributed by atoms with E-state index in [1.54, 1.807) is 24.3 Å². The van der Waals surface area contributed by atoms with Crippen LogP contribution in [0.15, 0.2) is 45.8 Å². The molecule has 0 amide bonds. The van der Waals surface area contributed by atoms with Crippen LogP contribution in [0.3, 0.4) is 0 Å². The number of hydrogen-bond acceptors (Lipinski definition) is 6. The molecular formula is C20H22BrNO5S2. The van der Waals surface area contributed by atoms with Crippen LogP contribution in [-0.2, 0) is 14.9 Å². The molecule has 0 spiro atoms. The second-order valence-corrected chi connectivity index (χ2v) is 9.26. The van der Waals surface area contributed by atoms with E-state index in [2.05, 4.69) is 20.8 Å². The van der Waals surface area contributed by atoms with Gasteiger partial charge in [0.05, 0.1) is 24.3 Å². The van der Waals surface area contributed by atoms with Gasteiger partial charge in [-0.15, -0.1) is 0 Å². The molecule has 0 radical (unpaired) electrons. The minimum absolute atomic E-state index is 0.0744. The van der Waals surface area contributed by atoms with Crippen molar-refractivity contribution in [2.24, 2.45) is 0 Å². The number of halogens is 1. The van der Waals surface area contributed by atoms with Gasteiger partial charge in [0.15, 0.2) is 11.5 Å². The lowest BCUT2D eigenvalue weighted by atomic mass is 10.1. The Balaban J connectivity index is 1.94. The Hall–Kier alpha value is -1.68. The Morgan fingerprint density at radius 3 is 2.48 bits per heavy atom. The molecule has 29 heavy (non-hydrogen) atoms. The van der Waals surface area contributed by atoms with Crippen molar-refractivity contribution < 1.29 is 22.1 Å². The molecule has 0 aliphatic carbocycles. The van der Waals surface area contributed by atoms with Crippen molar-refractivity contribution in [1.82, 2.24) is 4.90 Å². The summed E-state index contributed by atoms with van der Waals surface area (Å²) in [5.74, 6) is 0.407. The summed E-state index contributed by atoms with van der Waals surface area (Å²) < 4.78 is 42.4. The van der Waals surface area contributed by atoms with E-state index in [9.17, 15) is 8.42 Å². The molecule has 0 bridgehead atoms. The molecule has 0 atom stereocenters.